The first-order valence-electron chi connectivity index (χ1n) is 12.9. The Morgan fingerprint density at radius 3 is 2.18 bits per heavy atom. The zero-order chi connectivity index (χ0) is 22.6. The summed E-state index contributed by atoms with van der Waals surface area (Å²) in [5.41, 5.74) is 4.92. The van der Waals surface area contributed by atoms with Crippen molar-refractivity contribution in [1.82, 2.24) is 4.90 Å². The fourth-order valence-electron chi connectivity index (χ4n) is 5.88. The summed E-state index contributed by atoms with van der Waals surface area (Å²) in [6.45, 7) is 17.3. The topological polar surface area (TPSA) is 28.2 Å². The minimum atomic E-state index is 0. The molecular formula is C27H46ClN3O2. The summed E-state index contributed by atoms with van der Waals surface area (Å²) in [6, 6.07) is 7.34. The fraction of sp³-hybridized carbons (Fsp3) is 0.778. The molecule has 2 saturated heterocycles. The second-order valence-corrected chi connectivity index (χ2v) is 11.1. The maximum atomic E-state index is 5.60. The number of hydrogen-bond donors (Lipinski definition) is 0. The second-order valence-electron chi connectivity index (χ2n) is 11.1. The Kier molecular flexibility index (Phi) is 9.75. The van der Waals surface area contributed by atoms with Crippen molar-refractivity contribution < 1.29 is 9.47 Å². The summed E-state index contributed by atoms with van der Waals surface area (Å²) in [5.74, 6) is 1.55. The molecule has 0 spiro atoms. The van der Waals surface area contributed by atoms with Crippen molar-refractivity contribution in [3.8, 4) is 0 Å². The van der Waals surface area contributed by atoms with E-state index in [4.69, 9.17) is 9.47 Å². The number of morpholine rings is 1. The lowest BCUT2D eigenvalue weighted by atomic mass is 9.68. The molecule has 5 nitrogen and oxygen atoms in total. The lowest BCUT2D eigenvalue weighted by Crippen LogP contribution is -2.47. The summed E-state index contributed by atoms with van der Waals surface area (Å²) in [5, 5.41) is 0. The second kappa shape index (κ2) is 12.1. The highest BCUT2D eigenvalue weighted by Gasteiger charge is 2.32. The van der Waals surface area contributed by atoms with E-state index in [0.29, 0.717) is 11.3 Å². The summed E-state index contributed by atoms with van der Waals surface area (Å²) >= 11 is 0. The van der Waals surface area contributed by atoms with Crippen molar-refractivity contribution >= 4 is 23.8 Å². The van der Waals surface area contributed by atoms with Gasteiger partial charge in [-0.2, -0.15) is 0 Å². The van der Waals surface area contributed by atoms with E-state index >= 15 is 0 Å². The van der Waals surface area contributed by atoms with E-state index < -0.39 is 0 Å². The van der Waals surface area contributed by atoms with Crippen LogP contribution >= 0.6 is 12.4 Å². The highest BCUT2D eigenvalue weighted by atomic mass is 35.5. The Labute approximate surface area is 208 Å². The Morgan fingerprint density at radius 1 is 0.909 bits per heavy atom. The third-order valence-corrected chi connectivity index (χ3v) is 8.10. The van der Waals surface area contributed by atoms with Crippen LogP contribution in [0.1, 0.15) is 57.9 Å². The van der Waals surface area contributed by atoms with E-state index in [1.54, 1.807) is 12.7 Å². The number of ether oxygens (including phenoxy) is 2. The molecular weight excluding hydrogens is 434 g/mol. The standard InChI is InChI=1S/C27H45N3O2.ClH/c1-27(2,3)23-7-5-22(6-8-23)25-21-24(29-16-19-32-20-17-29)9-10-26(25)30-13-11-28(12-14-30)15-18-31-4;/h9-10,21-23H,5-8,11-20H2,1-4H3;1H. The predicted octanol–water partition coefficient (Wildman–Crippen LogP) is 5.03. The zero-order valence-electron chi connectivity index (χ0n) is 21.4. The first-order valence-corrected chi connectivity index (χ1v) is 12.9. The molecule has 0 bridgehead atoms. The Morgan fingerprint density at radius 2 is 1.58 bits per heavy atom. The molecule has 1 saturated carbocycles. The molecule has 0 aromatic heterocycles. The van der Waals surface area contributed by atoms with Gasteiger partial charge in [0.15, 0.2) is 0 Å². The van der Waals surface area contributed by atoms with Gasteiger partial charge in [0, 0.05) is 64.3 Å². The van der Waals surface area contributed by atoms with Gasteiger partial charge in [0.25, 0.3) is 0 Å². The molecule has 4 rings (SSSR count). The Hall–Kier alpha value is -1.01. The first kappa shape index (κ1) is 26.6. The fourth-order valence-corrected chi connectivity index (χ4v) is 5.88. The van der Waals surface area contributed by atoms with Crippen molar-refractivity contribution in [2.45, 2.75) is 52.4 Å². The van der Waals surface area contributed by atoms with Crippen LogP contribution in [-0.4, -0.2) is 77.6 Å². The Bertz CT molecular complexity index is 717. The smallest absolute Gasteiger partial charge is 0.0642 e. The van der Waals surface area contributed by atoms with Crippen molar-refractivity contribution in [2.24, 2.45) is 11.3 Å². The molecule has 2 aliphatic heterocycles. The number of rotatable bonds is 6. The predicted molar refractivity (Wildman–Crippen MR) is 141 cm³/mol. The third-order valence-electron chi connectivity index (χ3n) is 8.10. The van der Waals surface area contributed by atoms with Gasteiger partial charge in [-0.1, -0.05) is 20.8 Å². The van der Waals surface area contributed by atoms with Gasteiger partial charge < -0.3 is 19.3 Å². The molecule has 0 radical (unpaired) electrons. The number of hydrogen-bond acceptors (Lipinski definition) is 5. The van der Waals surface area contributed by atoms with Crippen LogP contribution in [0.2, 0.25) is 0 Å². The van der Waals surface area contributed by atoms with Gasteiger partial charge in [-0.3, -0.25) is 4.90 Å². The minimum Gasteiger partial charge on any atom is -0.383 e. The van der Waals surface area contributed by atoms with Crippen LogP contribution in [0.3, 0.4) is 0 Å². The van der Waals surface area contributed by atoms with Crippen LogP contribution in [0.25, 0.3) is 0 Å². The third kappa shape index (κ3) is 6.78. The minimum absolute atomic E-state index is 0. The zero-order valence-corrected chi connectivity index (χ0v) is 22.2. The van der Waals surface area contributed by atoms with Crippen molar-refractivity contribution in [1.29, 1.82) is 0 Å². The number of nitrogens with zero attached hydrogens (tertiary/aromatic N) is 3. The summed E-state index contributed by atoms with van der Waals surface area (Å²) in [7, 11) is 1.80. The van der Waals surface area contributed by atoms with Crippen LogP contribution in [0.5, 0.6) is 0 Å². The largest absolute Gasteiger partial charge is 0.383 e. The maximum absolute atomic E-state index is 5.60. The van der Waals surface area contributed by atoms with Crippen LogP contribution < -0.4 is 9.80 Å². The van der Waals surface area contributed by atoms with E-state index in [1.807, 2.05) is 0 Å². The molecule has 3 fully saturated rings. The number of methoxy groups -OCH3 is 1. The molecule has 0 N–H and O–H groups in total. The molecule has 0 amide bonds. The lowest BCUT2D eigenvalue weighted by Gasteiger charge is -2.41. The molecule has 1 aliphatic carbocycles. The molecule has 6 heteroatoms. The number of benzene rings is 1. The number of halogens is 1. The van der Waals surface area contributed by atoms with Crippen LogP contribution in [0.4, 0.5) is 11.4 Å². The van der Waals surface area contributed by atoms with E-state index in [0.717, 1.165) is 71.6 Å². The highest BCUT2D eigenvalue weighted by Crippen LogP contribution is 2.46. The molecule has 1 aromatic carbocycles. The summed E-state index contributed by atoms with van der Waals surface area (Å²) in [4.78, 5) is 7.70. The van der Waals surface area contributed by atoms with Gasteiger partial charge >= 0.3 is 0 Å². The maximum Gasteiger partial charge on any atom is 0.0642 e. The van der Waals surface area contributed by atoms with Crippen LogP contribution in [0, 0.1) is 11.3 Å². The van der Waals surface area contributed by atoms with E-state index in [2.05, 4.69) is 53.7 Å². The van der Waals surface area contributed by atoms with Gasteiger partial charge in [-0.15, -0.1) is 12.4 Å². The van der Waals surface area contributed by atoms with Gasteiger partial charge in [0.2, 0.25) is 0 Å². The average molecular weight is 480 g/mol. The molecule has 33 heavy (non-hydrogen) atoms. The van der Waals surface area contributed by atoms with Gasteiger partial charge in [-0.05, 0) is 66.7 Å². The first-order chi connectivity index (χ1) is 15.5. The molecule has 3 aliphatic rings. The van der Waals surface area contributed by atoms with Crippen LogP contribution in [-0.2, 0) is 9.47 Å². The van der Waals surface area contributed by atoms with Crippen molar-refractivity contribution in [3.05, 3.63) is 23.8 Å². The van der Waals surface area contributed by atoms with E-state index in [1.165, 1.54) is 37.1 Å². The van der Waals surface area contributed by atoms with Gasteiger partial charge in [0.05, 0.1) is 19.8 Å². The molecule has 0 unspecified atom stereocenters. The van der Waals surface area contributed by atoms with Gasteiger partial charge in [0.1, 0.15) is 0 Å². The summed E-state index contributed by atoms with van der Waals surface area (Å²) in [6.07, 6.45) is 5.38. The van der Waals surface area contributed by atoms with E-state index in [-0.39, 0.29) is 12.4 Å². The average Bonchev–Trinajstić information content (AvgIpc) is 2.83. The SMILES string of the molecule is COCCN1CCN(c2ccc(N3CCOCC3)cc2C2CCC(C(C)(C)C)CC2)CC1.Cl. The highest BCUT2D eigenvalue weighted by molar-refractivity contribution is 5.85. The van der Waals surface area contributed by atoms with Crippen molar-refractivity contribution in [3.63, 3.8) is 0 Å². The number of anilines is 2. The van der Waals surface area contributed by atoms with Crippen molar-refractivity contribution in [2.75, 3.05) is 82.5 Å². The lowest BCUT2D eigenvalue weighted by molar-refractivity contribution is 0.122. The van der Waals surface area contributed by atoms with Crippen LogP contribution in [0.15, 0.2) is 18.2 Å². The quantitative estimate of drug-likeness (QED) is 0.570. The monoisotopic (exact) mass is 479 g/mol. The summed E-state index contributed by atoms with van der Waals surface area (Å²) < 4.78 is 10.9. The molecule has 188 valence electrons. The normalized spacial score (nSPS) is 25.1. The number of piperazine rings is 1. The molecule has 1 aromatic rings. The van der Waals surface area contributed by atoms with E-state index in [9.17, 15) is 0 Å². The van der Waals surface area contributed by atoms with Gasteiger partial charge in [-0.25, -0.2) is 0 Å². The molecule has 0 atom stereocenters. The Balaban J connectivity index is 0.00000306. The molecule has 2 heterocycles.